The van der Waals surface area contributed by atoms with Crippen LogP contribution in [0.25, 0.3) is 0 Å². The Balaban J connectivity index is 0.00000162. The van der Waals surface area contributed by atoms with E-state index in [0.717, 1.165) is 0 Å². The van der Waals surface area contributed by atoms with Gasteiger partial charge in [0.05, 0.1) is 11.3 Å². The summed E-state index contributed by atoms with van der Waals surface area (Å²) in [7, 11) is 3.84. The van der Waals surface area contributed by atoms with Crippen molar-refractivity contribution in [2.45, 2.75) is 0 Å². The molecule has 6 heteroatoms. The number of anilines is 1. The quantitative estimate of drug-likeness (QED) is 0.797. The minimum absolute atomic E-state index is 0. The van der Waals surface area contributed by atoms with Gasteiger partial charge in [-0.15, -0.1) is 12.4 Å². The fourth-order valence-electron chi connectivity index (χ4n) is 1.79. The van der Waals surface area contributed by atoms with Gasteiger partial charge in [0.15, 0.2) is 0 Å². The van der Waals surface area contributed by atoms with Crippen LogP contribution in [0.2, 0.25) is 5.02 Å². The third kappa shape index (κ3) is 2.66. The lowest BCUT2D eigenvalue weighted by Gasteiger charge is -2.19. The van der Waals surface area contributed by atoms with E-state index in [-0.39, 0.29) is 12.4 Å². The van der Waals surface area contributed by atoms with Crippen molar-refractivity contribution >= 4 is 41.4 Å². The zero-order valence-corrected chi connectivity index (χ0v) is 11.7. The van der Waals surface area contributed by atoms with Crippen molar-refractivity contribution in [2.75, 3.05) is 32.1 Å². The number of amides is 1. The maximum absolute atomic E-state index is 11.8. The lowest BCUT2D eigenvalue weighted by Crippen LogP contribution is -2.35. The summed E-state index contributed by atoms with van der Waals surface area (Å²) < 4.78 is 0. The number of carbonyl (C=O) groups excluding carboxylic acids is 2. The molecule has 2 rings (SSSR count). The van der Waals surface area contributed by atoms with E-state index in [1.807, 2.05) is 19.0 Å². The number of rotatable bonds is 3. The van der Waals surface area contributed by atoms with E-state index < -0.39 is 11.7 Å². The summed E-state index contributed by atoms with van der Waals surface area (Å²) in [4.78, 5) is 27.0. The fourth-order valence-corrected chi connectivity index (χ4v) is 1.97. The SMILES string of the molecule is CN(C)CCN1C(=O)C(=O)c2cc(Cl)ccc21.Cl. The predicted molar refractivity (Wildman–Crippen MR) is 73.9 cm³/mol. The highest BCUT2D eigenvalue weighted by Crippen LogP contribution is 2.30. The summed E-state index contributed by atoms with van der Waals surface area (Å²) in [6, 6.07) is 4.96. The summed E-state index contributed by atoms with van der Waals surface area (Å²) >= 11 is 5.82. The number of fused-ring (bicyclic) bond motifs is 1. The summed E-state index contributed by atoms with van der Waals surface area (Å²) in [5.41, 5.74) is 1.06. The average molecular weight is 289 g/mol. The van der Waals surface area contributed by atoms with Gasteiger partial charge in [0.25, 0.3) is 11.7 Å². The molecule has 0 radical (unpaired) electrons. The molecule has 0 N–H and O–H groups in total. The summed E-state index contributed by atoms with van der Waals surface area (Å²) in [6.07, 6.45) is 0. The number of ketones is 1. The van der Waals surface area contributed by atoms with Crippen LogP contribution in [0.1, 0.15) is 10.4 Å². The van der Waals surface area contributed by atoms with Crippen LogP contribution in [0.5, 0.6) is 0 Å². The van der Waals surface area contributed by atoms with Gasteiger partial charge in [-0.3, -0.25) is 9.59 Å². The molecule has 1 aliphatic rings. The molecule has 0 saturated carbocycles. The normalized spacial score (nSPS) is 13.9. The molecular formula is C12H14Cl2N2O2. The lowest BCUT2D eigenvalue weighted by molar-refractivity contribution is -0.114. The fraction of sp³-hybridized carbons (Fsp3) is 0.333. The van der Waals surface area contributed by atoms with E-state index in [2.05, 4.69) is 0 Å². The molecule has 0 aromatic heterocycles. The zero-order chi connectivity index (χ0) is 12.6. The van der Waals surface area contributed by atoms with Crippen molar-refractivity contribution in [3.8, 4) is 0 Å². The second kappa shape index (κ2) is 5.69. The Morgan fingerprint density at radius 1 is 1.28 bits per heavy atom. The summed E-state index contributed by atoms with van der Waals surface area (Å²) in [5, 5.41) is 0.472. The van der Waals surface area contributed by atoms with Crippen LogP contribution in [-0.2, 0) is 4.79 Å². The molecular weight excluding hydrogens is 275 g/mol. The molecule has 0 unspecified atom stereocenters. The summed E-state index contributed by atoms with van der Waals surface area (Å²) in [5.74, 6) is -0.939. The van der Waals surface area contributed by atoms with Gasteiger partial charge in [-0.1, -0.05) is 11.6 Å². The maximum Gasteiger partial charge on any atom is 0.299 e. The van der Waals surface area contributed by atoms with E-state index in [0.29, 0.717) is 29.4 Å². The Morgan fingerprint density at radius 2 is 1.94 bits per heavy atom. The van der Waals surface area contributed by atoms with Gasteiger partial charge < -0.3 is 9.80 Å². The molecule has 0 saturated heterocycles. The third-order valence-corrected chi connectivity index (χ3v) is 2.94. The van der Waals surface area contributed by atoms with E-state index in [4.69, 9.17) is 11.6 Å². The molecule has 0 fully saturated rings. The van der Waals surface area contributed by atoms with Crippen molar-refractivity contribution in [1.82, 2.24) is 4.90 Å². The van der Waals surface area contributed by atoms with Gasteiger partial charge in [0, 0.05) is 18.1 Å². The second-order valence-electron chi connectivity index (χ2n) is 4.25. The van der Waals surface area contributed by atoms with Crippen LogP contribution >= 0.6 is 24.0 Å². The molecule has 1 aromatic carbocycles. The number of halogens is 2. The molecule has 0 atom stereocenters. The first-order valence-electron chi connectivity index (χ1n) is 5.31. The Bertz CT molecular complexity index is 489. The number of hydrogen-bond donors (Lipinski definition) is 0. The van der Waals surface area contributed by atoms with Gasteiger partial charge in [0.1, 0.15) is 0 Å². The summed E-state index contributed by atoms with van der Waals surface area (Å²) in [6.45, 7) is 1.22. The molecule has 0 spiro atoms. The number of hydrogen-bond acceptors (Lipinski definition) is 3. The molecule has 0 bridgehead atoms. The lowest BCUT2D eigenvalue weighted by atomic mass is 10.1. The van der Waals surface area contributed by atoms with Crippen molar-refractivity contribution in [3.63, 3.8) is 0 Å². The topological polar surface area (TPSA) is 40.6 Å². The van der Waals surface area contributed by atoms with Gasteiger partial charge >= 0.3 is 0 Å². The number of nitrogens with zero attached hydrogens (tertiary/aromatic N) is 2. The number of carbonyl (C=O) groups is 2. The van der Waals surface area contributed by atoms with E-state index in [1.54, 1.807) is 18.2 Å². The average Bonchev–Trinajstić information content (AvgIpc) is 2.50. The minimum atomic E-state index is -0.471. The van der Waals surface area contributed by atoms with Crippen molar-refractivity contribution in [1.29, 1.82) is 0 Å². The zero-order valence-electron chi connectivity index (χ0n) is 10.1. The molecule has 98 valence electrons. The first kappa shape index (κ1) is 15.0. The van der Waals surface area contributed by atoms with Crippen molar-refractivity contribution in [3.05, 3.63) is 28.8 Å². The number of Topliss-reactive ketones (excluding diaryl/α,β-unsaturated/α-hetero) is 1. The second-order valence-corrected chi connectivity index (χ2v) is 4.69. The molecule has 1 aliphatic heterocycles. The number of benzene rings is 1. The van der Waals surface area contributed by atoms with Crippen LogP contribution in [0.15, 0.2) is 18.2 Å². The monoisotopic (exact) mass is 288 g/mol. The smallest absolute Gasteiger partial charge is 0.299 e. The van der Waals surface area contributed by atoms with E-state index >= 15 is 0 Å². The van der Waals surface area contributed by atoms with Crippen LogP contribution in [0.3, 0.4) is 0 Å². The Hall–Kier alpha value is -1.10. The Kier molecular flexibility index (Phi) is 4.73. The van der Waals surface area contributed by atoms with Crippen LogP contribution < -0.4 is 4.90 Å². The standard InChI is InChI=1S/C12H13ClN2O2.ClH/c1-14(2)5-6-15-10-4-3-8(13)7-9(10)11(16)12(15)17;/h3-4,7H,5-6H2,1-2H3;1H. The first-order valence-corrected chi connectivity index (χ1v) is 5.69. The molecule has 1 amide bonds. The van der Waals surface area contributed by atoms with Gasteiger partial charge in [0.2, 0.25) is 0 Å². The molecule has 4 nitrogen and oxygen atoms in total. The van der Waals surface area contributed by atoms with Gasteiger partial charge in [-0.05, 0) is 32.3 Å². The molecule has 1 heterocycles. The Labute approximate surface area is 117 Å². The highest BCUT2D eigenvalue weighted by molar-refractivity contribution is 6.52. The van der Waals surface area contributed by atoms with Gasteiger partial charge in [-0.2, -0.15) is 0 Å². The third-order valence-electron chi connectivity index (χ3n) is 2.70. The van der Waals surface area contributed by atoms with E-state index in [9.17, 15) is 9.59 Å². The number of likely N-dealkylation sites (N-methyl/N-ethyl adjacent to an activating group) is 1. The predicted octanol–water partition coefficient (Wildman–Crippen LogP) is 1.85. The highest BCUT2D eigenvalue weighted by Gasteiger charge is 2.35. The first-order chi connectivity index (χ1) is 8.00. The highest BCUT2D eigenvalue weighted by atomic mass is 35.5. The largest absolute Gasteiger partial charge is 0.308 e. The van der Waals surface area contributed by atoms with Crippen LogP contribution in [-0.4, -0.2) is 43.8 Å². The Morgan fingerprint density at radius 3 is 2.56 bits per heavy atom. The van der Waals surface area contributed by atoms with E-state index in [1.165, 1.54) is 4.90 Å². The van der Waals surface area contributed by atoms with Gasteiger partial charge in [-0.25, -0.2) is 0 Å². The molecule has 1 aromatic rings. The van der Waals surface area contributed by atoms with Crippen molar-refractivity contribution in [2.24, 2.45) is 0 Å². The van der Waals surface area contributed by atoms with Crippen molar-refractivity contribution < 1.29 is 9.59 Å². The molecule has 18 heavy (non-hydrogen) atoms. The van der Waals surface area contributed by atoms with Crippen LogP contribution in [0, 0.1) is 0 Å². The maximum atomic E-state index is 11.8. The van der Waals surface area contributed by atoms with Crippen LogP contribution in [0.4, 0.5) is 5.69 Å². The molecule has 0 aliphatic carbocycles. The minimum Gasteiger partial charge on any atom is -0.308 e.